The van der Waals surface area contributed by atoms with Crippen LogP contribution < -0.4 is 10.1 Å². The molecule has 82 valence electrons. The Bertz CT molecular complexity index is 291. The van der Waals surface area contributed by atoms with Crippen molar-refractivity contribution in [1.82, 2.24) is 10.3 Å². The Balaban J connectivity index is 1.91. The molecule has 1 saturated heterocycles. The highest BCUT2D eigenvalue weighted by atomic mass is 16.5. The Kier molecular flexibility index (Phi) is 3.56. The van der Waals surface area contributed by atoms with Gasteiger partial charge < -0.3 is 10.1 Å². The maximum atomic E-state index is 5.09. The van der Waals surface area contributed by atoms with Crippen molar-refractivity contribution in [2.24, 2.45) is 5.92 Å². The van der Waals surface area contributed by atoms with Gasteiger partial charge >= 0.3 is 0 Å². The summed E-state index contributed by atoms with van der Waals surface area (Å²) in [6, 6.07) is 4.06. The van der Waals surface area contributed by atoms with Gasteiger partial charge in [0.2, 0.25) is 0 Å². The molecule has 1 fully saturated rings. The zero-order valence-electron chi connectivity index (χ0n) is 9.20. The molecule has 3 heteroatoms. The fourth-order valence-electron chi connectivity index (χ4n) is 2.03. The summed E-state index contributed by atoms with van der Waals surface area (Å²) in [5.41, 5.74) is 1.18. The van der Waals surface area contributed by atoms with Gasteiger partial charge in [0, 0.05) is 5.69 Å². The minimum Gasteiger partial charge on any atom is -0.495 e. The number of nitrogens with one attached hydrogen (secondary N) is 1. The first-order valence-corrected chi connectivity index (χ1v) is 5.58. The number of methoxy groups -OCH3 is 1. The summed E-state index contributed by atoms with van der Waals surface area (Å²) in [7, 11) is 1.67. The fourth-order valence-corrected chi connectivity index (χ4v) is 2.03. The Morgan fingerprint density at radius 3 is 2.80 bits per heavy atom. The second-order valence-electron chi connectivity index (χ2n) is 4.09. The first-order chi connectivity index (χ1) is 7.38. The highest BCUT2D eigenvalue weighted by Crippen LogP contribution is 2.18. The van der Waals surface area contributed by atoms with Crippen LogP contribution in [0.1, 0.15) is 18.5 Å². The van der Waals surface area contributed by atoms with Gasteiger partial charge in [0.25, 0.3) is 0 Å². The van der Waals surface area contributed by atoms with Crippen LogP contribution in [0.2, 0.25) is 0 Å². The first-order valence-electron chi connectivity index (χ1n) is 5.58. The molecule has 0 bridgehead atoms. The molecule has 2 rings (SSSR count). The molecule has 1 aromatic rings. The van der Waals surface area contributed by atoms with Crippen LogP contribution in [-0.2, 0) is 6.42 Å². The fraction of sp³-hybridized carbons (Fsp3) is 0.583. The summed E-state index contributed by atoms with van der Waals surface area (Å²) in [6.07, 6.45) is 5.45. The predicted octanol–water partition coefficient (Wildman–Crippen LogP) is 1.63. The van der Waals surface area contributed by atoms with E-state index in [4.69, 9.17) is 4.74 Å². The normalized spacial score (nSPS) is 17.7. The van der Waals surface area contributed by atoms with Gasteiger partial charge in [-0.2, -0.15) is 0 Å². The largest absolute Gasteiger partial charge is 0.495 e. The summed E-state index contributed by atoms with van der Waals surface area (Å²) in [6.45, 7) is 2.31. The summed E-state index contributed by atoms with van der Waals surface area (Å²) < 4.78 is 5.09. The van der Waals surface area contributed by atoms with E-state index in [0.717, 1.165) is 31.2 Å². The van der Waals surface area contributed by atoms with Crippen molar-refractivity contribution in [2.45, 2.75) is 19.3 Å². The van der Waals surface area contributed by atoms with Crippen molar-refractivity contribution in [3.8, 4) is 5.75 Å². The zero-order valence-corrected chi connectivity index (χ0v) is 9.20. The van der Waals surface area contributed by atoms with E-state index in [0.29, 0.717) is 0 Å². The van der Waals surface area contributed by atoms with Crippen LogP contribution in [-0.4, -0.2) is 25.2 Å². The molecule has 0 atom stereocenters. The quantitative estimate of drug-likeness (QED) is 0.816. The number of pyridine rings is 1. The van der Waals surface area contributed by atoms with Crippen LogP contribution in [0.3, 0.4) is 0 Å². The van der Waals surface area contributed by atoms with E-state index in [1.807, 2.05) is 6.07 Å². The second-order valence-corrected chi connectivity index (χ2v) is 4.09. The third-order valence-corrected chi connectivity index (χ3v) is 2.99. The van der Waals surface area contributed by atoms with Crippen molar-refractivity contribution in [3.63, 3.8) is 0 Å². The molecule has 0 spiro atoms. The maximum Gasteiger partial charge on any atom is 0.137 e. The van der Waals surface area contributed by atoms with E-state index in [1.54, 1.807) is 13.3 Å². The molecule has 0 amide bonds. The molecule has 0 saturated carbocycles. The molecule has 3 nitrogen and oxygen atoms in total. The van der Waals surface area contributed by atoms with E-state index < -0.39 is 0 Å². The molecule has 0 aromatic carbocycles. The molecule has 1 aromatic heterocycles. The van der Waals surface area contributed by atoms with Crippen LogP contribution in [0.4, 0.5) is 0 Å². The molecule has 15 heavy (non-hydrogen) atoms. The van der Waals surface area contributed by atoms with Crippen LogP contribution >= 0.6 is 0 Å². The van der Waals surface area contributed by atoms with Crippen LogP contribution in [0.15, 0.2) is 18.3 Å². The standard InChI is InChI=1S/C12H18N2O/c1-15-12-3-2-11(14-9-12)8-10-4-6-13-7-5-10/h2-3,9-10,13H,4-8H2,1H3. The lowest BCUT2D eigenvalue weighted by molar-refractivity contribution is 0.369. The van der Waals surface area contributed by atoms with Crippen molar-refractivity contribution in [3.05, 3.63) is 24.0 Å². The summed E-state index contributed by atoms with van der Waals surface area (Å²) in [4.78, 5) is 4.40. The molecule has 1 aliphatic heterocycles. The lowest BCUT2D eigenvalue weighted by Gasteiger charge is -2.22. The monoisotopic (exact) mass is 206 g/mol. The van der Waals surface area contributed by atoms with Crippen LogP contribution in [0, 0.1) is 5.92 Å². The summed E-state index contributed by atoms with van der Waals surface area (Å²) in [5, 5.41) is 3.38. The van der Waals surface area contributed by atoms with E-state index >= 15 is 0 Å². The van der Waals surface area contributed by atoms with Gasteiger partial charge in [0.1, 0.15) is 5.75 Å². The Hall–Kier alpha value is -1.09. The highest BCUT2D eigenvalue weighted by Gasteiger charge is 2.13. The first kappa shape index (κ1) is 10.4. The Labute approximate surface area is 90.9 Å². The Morgan fingerprint density at radius 2 is 2.20 bits per heavy atom. The van der Waals surface area contributed by atoms with Gasteiger partial charge in [-0.05, 0) is 50.4 Å². The number of hydrogen-bond donors (Lipinski definition) is 1. The van der Waals surface area contributed by atoms with Gasteiger partial charge in [-0.15, -0.1) is 0 Å². The zero-order chi connectivity index (χ0) is 10.5. The van der Waals surface area contributed by atoms with E-state index in [9.17, 15) is 0 Å². The topological polar surface area (TPSA) is 34.1 Å². The number of ether oxygens (including phenoxy) is 1. The number of nitrogens with zero attached hydrogens (tertiary/aromatic N) is 1. The molecule has 0 unspecified atom stereocenters. The van der Waals surface area contributed by atoms with Gasteiger partial charge in [0.05, 0.1) is 13.3 Å². The van der Waals surface area contributed by atoms with E-state index in [1.165, 1.54) is 18.5 Å². The number of rotatable bonds is 3. The smallest absolute Gasteiger partial charge is 0.137 e. The number of hydrogen-bond acceptors (Lipinski definition) is 3. The second kappa shape index (κ2) is 5.12. The minimum atomic E-state index is 0.798. The lowest BCUT2D eigenvalue weighted by atomic mass is 9.93. The molecule has 1 aliphatic rings. The van der Waals surface area contributed by atoms with Crippen molar-refractivity contribution >= 4 is 0 Å². The lowest BCUT2D eigenvalue weighted by Crippen LogP contribution is -2.28. The molecule has 0 radical (unpaired) electrons. The summed E-state index contributed by atoms with van der Waals surface area (Å²) in [5.74, 6) is 1.64. The maximum absolute atomic E-state index is 5.09. The average molecular weight is 206 g/mol. The average Bonchev–Trinajstić information content (AvgIpc) is 2.31. The van der Waals surface area contributed by atoms with Crippen LogP contribution in [0.5, 0.6) is 5.75 Å². The molecule has 0 aliphatic carbocycles. The summed E-state index contributed by atoms with van der Waals surface area (Å²) >= 11 is 0. The van der Waals surface area contributed by atoms with E-state index in [2.05, 4.69) is 16.4 Å². The SMILES string of the molecule is COc1ccc(CC2CCNCC2)nc1. The molecule has 1 N–H and O–H groups in total. The third-order valence-electron chi connectivity index (χ3n) is 2.99. The third kappa shape index (κ3) is 2.93. The van der Waals surface area contributed by atoms with Crippen molar-refractivity contribution < 1.29 is 4.74 Å². The molecular weight excluding hydrogens is 188 g/mol. The van der Waals surface area contributed by atoms with Gasteiger partial charge in [-0.25, -0.2) is 0 Å². The van der Waals surface area contributed by atoms with Gasteiger partial charge in [0.15, 0.2) is 0 Å². The van der Waals surface area contributed by atoms with Crippen molar-refractivity contribution in [2.75, 3.05) is 20.2 Å². The minimum absolute atomic E-state index is 0.798. The predicted molar refractivity (Wildman–Crippen MR) is 60.1 cm³/mol. The number of aromatic nitrogens is 1. The number of piperidine rings is 1. The molecule has 2 heterocycles. The van der Waals surface area contributed by atoms with Crippen LogP contribution in [0.25, 0.3) is 0 Å². The highest BCUT2D eigenvalue weighted by molar-refractivity contribution is 5.19. The van der Waals surface area contributed by atoms with Gasteiger partial charge in [-0.3, -0.25) is 4.98 Å². The molecular formula is C12H18N2O. The van der Waals surface area contributed by atoms with Gasteiger partial charge in [-0.1, -0.05) is 0 Å². The Morgan fingerprint density at radius 1 is 1.40 bits per heavy atom. The van der Waals surface area contributed by atoms with E-state index in [-0.39, 0.29) is 0 Å². The van der Waals surface area contributed by atoms with Crippen molar-refractivity contribution in [1.29, 1.82) is 0 Å².